The van der Waals surface area contributed by atoms with Crippen molar-refractivity contribution in [1.29, 1.82) is 0 Å². The van der Waals surface area contributed by atoms with Crippen molar-refractivity contribution in [2.75, 3.05) is 11.5 Å². The van der Waals surface area contributed by atoms with Gasteiger partial charge in [-0.25, -0.2) is 21.6 Å². The van der Waals surface area contributed by atoms with Crippen LogP contribution in [0.25, 0.3) is 0 Å². The average Bonchev–Trinajstić information content (AvgIpc) is 2.70. The van der Waals surface area contributed by atoms with Crippen LogP contribution in [0.15, 0.2) is 29.2 Å². The Bertz CT molecular complexity index is 750. The van der Waals surface area contributed by atoms with E-state index in [9.17, 15) is 16.8 Å². The molecule has 1 heterocycles. The molecule has 1 saturated carbocycles. The summed E-state index contributed by atoms with van der Waals surface area (Å²) in [6.07, 6.45) is 5.24. The van der Waals surface area contributed by atoms with Crippen LogP contribution in [0, 0.1) is 5.92 Å². The van der Waals surface area contributed by atoms with Gasteiger partial charge in [0.25, 0.3) is 0 Å². The van der Waals surface area contributed by atoms with Crippen LogP contribution in [0.5, 0.6) is 0 Å². The average molecular weight is 343 g/mol. The maximum Gasteiger partial charge on any atom is 0.212 e. The molecule has 3 rings (SSSR count). The van der Waals surface area contributed by atoms with Crippen molar-refractivity contribution in [3.8, 4) is 0 Å². The summed E-state index contributed by atoms with van der Waals surface area (Å²) >= 11 is 0. The van der Waals surface area contributed by atoms with E-state index in [2.05, 4.69) is 4.72 Å². The second-order valence-electron chi connectivity index (χ2n) is 6.28. The number of sulfonamides is 1. The first kappa shape index (κ1) is 16.0. The fraction of sp³-hybridized carbons (Fsp3) is 0.600. The summed E-state index contributed by atoms with van der Waals surface area (Å²) in [5, 5.41) is 0. The molecule has 122 valence electrons. The zero-order chi connectivity index (χ0) is 15.8. The molecule has 5 nitrogen and oxygen atoms in total. The molecule has 0 bridgehead atoms. The van der Waals surface area contributed by atoms with Crippen molar-refractivity contribution < 1.29 is 16.8 Å². The van der Waals surface area contributed by atoms with Crippen LogP contribution < -0.4 is 4.72 Å². The van der Waals surface area contributed by atoms with E-state index >= 15 is 0 Å². The van der Waals surface area contributed by atoms with Crippen LogP contribution in [0.1, 0.15) is 43.7 Å². The molecule has 0 spiro atoms. The van der Waals surface area contributed by atoms with E-state index in [-0.39, 0.29) is 22.3 Å². The lowest BCUT2D eigenvalue weighted by Crippen LogP contribution is -2.34. The van der Waals surface area contributed by atoms with Gasteiger partial charge in [0.15, 0.2) is 9.84 Å². The third kappa shape index (κ3) is 3.36. The van der Waals surface area contributed by atoms with Crippen molar-refractivity contribution in [1.82, 2.24) is 4.72 Å². The molecular formula is C15H21NO4S2. The van der Waals surface area contributed by atoms with Gasteiger partial charge < -0.3 is 0 Å². The molecule has 7 heteroatoms. The molecule has 0 radical (unpaired) electrons. The molecule has 22 heavy (non-hydrogen) atoms. The van der Waals surface area contributed by atoms with E-state index in [1.807, 2.05) is 0 Å². The zero-order valence-corrected chi connectivity index (χ0v) is 14.0. The van der Waals surface area contributed by atoms with Crippen LogP contribution in [-0.2, 0) is 19.9 Å². The van der Waals surface area contributed by atoms with Crippen LogP contribution in [0.3, 0.4) is 0 Å². The van der Waals surface area contributed by atoms with E-state index < -0.39 is 25.9 Å². The Kier molecular flexibility index (Phi) is 4.31. The van der Waals surface area contributed by atoms with Gasteiger partial charge in [-0.1, -0.05) is 37.5 Å². The van der Waals surface area contributed by atoms with Crippen LogP contribution >= 0.6 is 0 Å². The molecule has 2 aliphatic rings. The van der Waals surface area contributed by atoms with Gasteiger partial charge >= 0.3 is 0 Å². The first-order valence-corrected chi connectivity index (χ1v) is 11.0. The number of benzene rings is 1. The molecule has 1 aliphatic carbocycles. The SMILES string of the molecule is O=S(=O)(CC1CCCCC1)NC1CS(=O)(=O)c2ccccc21. The molecule has 1 aliphatic heterocycles. The Morgan fingerprint density at radius 2 is 1.77 bits per heavy atom. The maximum atomic E-state index is 12.4. The van der Waals surface area contributed by atoms with Gasteiger partial charge in [-0.3, -0.25) is 0 Å². The predicted octanol–water partition coefficient (Wildman–Crippen LogP) is 2.01. The smallest absolute Gasteiger partial charge is 0.212 e. The van der Waals surface area contributed by atoms with Gasteiger partial charge in [-0.05, 0) is 30.4 Å². The molecule has 1 aromatic rings. The normalized spacial score (nSPS) is 25.0. The topological polar surface area (TPSA) is 80.3 Å². The number of rotatable bonds is 4. The predicted molar refractivity (Wildman–Crippen MR) is 84.7 cm³/mol. The summed E-state index contributed by atoms with van der Waals surface area (Å²) < 4.78 is 51.6. The summed E-state index contributed by atoms with van der Waals surface area (Å²) in [7, 11) is -6.86. The molecule has 1 atom stereocenters. The Morgan fingerprint density at radius 3 is 2.50 bits per heavy atom. The van der Waals surface area contributed by atoms with E-state index in [0.717, 1.165) is 25.7 Å². The lowest BCUT2D eigenvalue weighted by atomic mass is 9.91. The lowest BCUT2D eigenvalue weighted by molar-refractivity contribution is 0.383. The molecule has 1 aromatic carbocycles. The number of sulfone groups is 1. The minimum Gasteiger partial charge on any atom is -0.224 e. The first-order chi connectivity index (χ1) is 10.4. The lowest BCUT2D eigenvalue weighted by Gasteiger charge is -2.22. The van der Waals surface area contributed by atoms with Gasteiger partial charge in [-0.15, -0.1) is 0 Å². The van der Waals surface area contributed by atoms with Crippen molar-refractivity contribution in [2.45, 2.75) is 43.0 Å². The second-order valence-corrected chi connectivity index (χ2v) is 10.1. The van der Waals surface area contributed by atoms with Gasteiger partial charge in [0.2, 0.25) is 10.0 Å². The summed E-state index contributed by atoms with van der Waals surface area (Å²) in [5.74, 6) is 0.113. The number of hydrogen-bond acceptors (Lipinski definition) is 4. The largest absolute Gasteiger partial charge is 0.224 e. The molecule has 0 aromatic heterocycles. The Balaban J connectivity index is 1.76. The fourth-order valence-corrected chi connectivity index (χ4v) is 7.01. The van der Waals surface area contributed by atoms with Crippen molar-refractivity contribution in [2.24, 2.45) is 5.92 Å². The molecule has 1 unspecified atom stereocenters. The van der Waals surface area contributed by atoms with Gasteiger partial charge in [0, 0.05) is 0 Å². The fourth-order valence-electron chi connectivity index (χ4n) is 3.48. The monoisotopic (exact) mass is 343 g/mol. The summed E-state index contributed by atoms with van der Waals surface area (Å²) in [6, 6.07) is 5.97. The Labute approximate surface area is 132 Å². The molecular weight excluding hydrogens is 322 g/mol. The minimum absolute atomic E-state index is 0.103. The molecule has 1 N–H and O–H groups in total. The second kappa shape index (κ2) is 5.94. The highest BCUT2D eigenvalue weighted by atomic mass is 32.2. The van der Waals surface area contributed by atoms with Crippen LogP contribution in [0.4, 0.5) is 0 Å². The minimum atomic E-state index is -3.47. The number of nitrogens with one attached hydrogen (secondary N) is 1. The van der Waals surface area contributed by atoms with Gasteiger partial charge in [0.1, 0.15) is 0 Å². The molecule has 1 fully saturated rings. The summed E-state index contributed by atoms with van der Waals surface area (Å²) in [4.78, 5) is 0.250. The van der Waals surface area contributed by atoms with E-state index in [1.54, 1.807) is 24.3 Å². The van der Waals surface area contributed by atoms with Gasteiger partial charge in [0.05, 0.1) is 22.4 Å². The zero-order valence-electron chi connectivity index (χ0n) is 12.4. The van der Waals surface area contributed by atoms with Gasteiger partial charge in [-0.2, -0.15) is 0 Å². The van der Waals surface area contributed by atoms with Crippen LogP contribution in [0.2, 0.25) is 0 Å². The Morgan fingerprint density at radius 1 is 1.09 bits per heavy atom. The van der Waals surface area contributed by atoms with Crippen molar-refractivity contribution in [3.05, 3.63) is 29.8 Å². The maximum absolute atomic E-state index is 12.4. The Hall–Kier alpha value is -0.920. The number of hydrogen-bond donors (Lipinski definition) is 1. The standard InChI is InChI=1S/C15H21NO4S2/c17-21(18)11-14(13-8-4-5-9-15(13)21)16-22(19,20)10-12-6-2-1-3-7-12/h4-5,8-9,12,14,16H,1-3,6-7,10-11H2. The van der Waals surface area contributed by atoms with E-state index in [1.165, 1.54) is 6.42 Å². The third-order valence-electron chi connectivity index (χ3n) is 4.52. The summed E-state index contributed by atoms with van der Waals surface area (Å²) in [6.45, 7) is 0. The highest BCUT2D eigenvalue weighted by Crippen LogP contribution is 2.34. The molecule has 0 amide bonds. The number of fused-ring (bicyclic) bond motifs is 1. The van der Waals surface area contributed by atoms with Crippen LogP contribution in [-0.4, -0.2) is 28.3 Å². The third-order valence-corrected chi connectivity index (χ3v) is 7.89. The van der Waals surface area contributed by atoms with Crippen molar-refractivity contribution >= 4 is 19.9 Å². The summed E-state index contributed by atoms with van der Waals surface area (Å²) in [5.41, 5.74) is 0.565. The van der Waals surface area contributed by atoms with E-state index in [4.69, 9.17) is 0 Å². The first-order valence-electron chi connectivity index (χ1n) is 7.69. The molecule has 0 saturated heterocycles. The van der Waals surface area contributed by atoms with E-state index in [0.29, 0.717) is 5.56 Å². The van der Waals surface area contributed by atoms with Crippen molar-refractivity contribution in [3.63, 3.8) is 0 Å². The highest BCUT2D eigenvalue weighted by molar-refractivity contribution is 7.92. The highest BCUT2D eigenvalue weighted by Gasteiger charge is 2.37. The quantitative estimate of drug-likeness (QED) is 0.907.